The van der Waals surface area contributed by atoms with Crippen LogP contribution in [0, 0.1) is 6.92 Å². The van der Waals surface area contributed by atoms with Gasteiger partial charge in [0.05, 0.1) is 11.9 Å². The average molecular weight is 334 g/mol. The van der Waals surface area contributed by atoms with E-state index in [9.17, 15) is 8.78 Å². The lowest BCUT2D eigenvalue weighted by molar-refractivity contribution is 0.118. The number of para-hydroxylation sites is 1. The predicted octanol–water partition coefficient (Wildman–Crippen LogP) is 3.67. The first-order valence-electron chi connectivity index (χ1n) is 4.67. The first-order valence-corrected chi connectivity index (χ1v) is 5.75. The van der Waals surface area contributed by atoms with Crippen molar-refractivity contribution in [2.75, 3.05) is 0 Å². The Morgan fingerprint density at radius 1 is 1.25 bits per heavy atom. The van der Waals surface area contributed by atoms with Crippen molar-refractivity contribution in [3.05, 3.63) is 47.8 Å². The molecule has 0 spiro atoms. The largest absolute Gasteiger partial charge is 0.338 e. The summed E-state index contributed by atoms with van der Waals surface area (Å²) in [5.74, 6) is 0. The van der Waals surface area contributed by atoms with Gasteiger partial charge in [-0.15, -0.1) is 0 Å². The van der Waals surface area contributed by atoms with Crippen molar-refractivity contribution in [1.29, 1.82) is 0 Å². The molecule has 0 saturated carbocycles. The zero-order valence-corrected chi connectivity index (χ0v) is 10.6. The Hall–Kier alpha value is -0.980. The van der Waals surface area contributed by atoms with Gasteiger partial charge in [0.1, 0.15) is 5.69 Å². The lowest BCUT2D eigenvalue weighted by atomic mass is 10.2. The van der Waals surface area contributed by atoms with Crippen LogP contribution in [0.2, 0.25) is 0 Å². The number of hydrogen-bond donors (Lipinski definition) is 0. The van der Waals surface area contributed by atoms with Crippen LogP contribution in [0.4, 0.5) is 8.78 Å². The highest BCUT2D eigenvalue weighted by molar-refractivity contribution is 14.1. The van der Waals surface area contributed by atoms with E-state index in [-0.39, 0.29) is 5.69 Å². The monoisotopic (exact) mass is 334 g/mol. The molecule has 5 heteroatoms. The van der Waals surface area contributed by atoms with E-state index < -0.39 is 3.93 Å². The Morgan fingerprint density at radius 3 is 2.44 bits per heavy atom. The maximum Gasteiger partial charge on any atom is 0.338 e. The summed E-state index contributed by atoms with van der Waals surface area (Å²) in [7, 11) is 0. The summed E-state index contributed by atoms with van der Waals surface area (Å²) < 4.78 is 25.2. The Bertz CT molecular complexity index is 488. The third-order valence-electron chi connectivity index (χ3n) is 2.22. The molecule has 0 unspecified atom stereocenters. The molecule has 2 rings (SSSR count). The maximum absolute atomic E-state index is 13.4. The molecule has 84 valence electrons. The number of nitrogens with zero attached hydrogens (tertiary/aromatic N) is 2. The fourth-order valence-corrected chi connectivity index (χ4v) is 2.19. The van der Waals surface area contributed by atoms with Gasteiger partial charge in [-0.3, -0.25) is 0 Å². The van der Waals surface area contributed by atoms with Gasteiger partial charge in [-0.2, -0.15) is 13.9 Å². The van der Waals surface area contributed by atoms with Crippen molar-refractivity contribution in [2.24, 2.45) is 0 Å². The van der Waals surface area contributed by atoms with E-state index in [4.69, 9.17) is 0 Å². The fraction of sp³-hybridized carbons (Fsp3) is 0.182. The summed E-state index contributed by atoms with van der Waals surface area (Å²) in [5, 5.41) is 3.98. The summed E-state index contributed by atoms with van der Waals surface area (Å²) >= 11 is 1.12. The van der Waals surface area contributed by atoms with Crippen molar-refractivity contribution in [3.63, 3.8) is 0 Å². The Kier molecular flexibility index (Phi) is 2.96. The molecule has 0 bridgehead atoms. The Balaban J connectivity index is 2.60. The van der Waals surface area contributed by atoms with Crippen LogP contribution < -0.4 is 0 Å². The predicted molar refractivity (Wildman–Crippen MR) is 66.2 cm³/mol. The topological polar surface area (TPSA) is 17.8 Å². The zero-order valence-electron chi connectivity index (χ0n) is 8.49. The molecule has 0 saturated heterocycles. The van der Waals surface area contributed by atoms with Crippen LogP contribution in [0.15, 0.2) is 36.5 Å². The molecule has 0 fully saturated rings. The van der Waals surface area contributed by atoms with Gasteiger partial charge in [-0.1, -0.05) is 18.2 Å². The molecule has 1 aromatic heterocycles. The maximum atomic E-state index is 13.4. The van der Waals surface area contributed by atoms with Crippen molar-refractivity contribution < 1.29 is 8.78 Å². The highest BCUT2D eigenvalue weighted by Crippen LogP contribution is 2.37. The standard InChI is InChI=1S/C11H9F2IN2/c1-8-7-15-16(10(8)11(12,13)14)9-5-3-2-4-6-9/h2-7H,1H3. The van der Waals surface area contributed by atoms with Crippen LogP contribution in [0.5, 0.6) is 0 Å². The second-order valence-electron chi connectivity index (χ2n) is 3.42. The van der Waals surface area contributed by atoms with E-state index in [0.29, 0.717) is 11.3 Å². The van der Waals surface area contributed by atoms with Gasteiger partial charge < -0.3 is 0 Å². The van der Waals surface area contributed by atoms with E-state index in [2.05, 4.69) is 5.10 Å². The van der Waals surface area contributed by atoms with Crippen molar-refractivity contribution in [1.82, 2.24) is 9.78 Å². The fourth-order valence-electron chi connectivity index (χ4n) is 1.54. The molecule has 2 aromatic rings. The molecule has 0 aliphatic heterocycles. The smallest absolute Gasteiger partial charge is 0.231 e. The van der Waals surface area contributed by atoms with E-state index in [1.54, 1.807) is 31.2 Å². The number of aromatic nitrogens is 2. The van der Waals surface area contributed by atoms with Crippen LogP contribution in [-0.2, 0) is 3.93 Å². The van der Waals surface area contributed by atoms with Gasteiger partial charge in [0.15, 0.2) is 0 Å². The minimum absolute atomic E-state index is 0.0701. The summed E-state index contributed by atoms with van der Waals surface area (Å²) in [5.41, 5.74) is 1.06. The van der Waals surface area contributed by atoms with Gasteiger partial charge >= 0.3 is 3.93 Å². The second-order valence-corrected chi connectivity index (χ2v) is 4.78. The Labute approximate surface area is 105 Å². The summed E-state index contributed by atoms with van der Waals surface area (Å²) in [6, 6.07) is 8.92. The van der Waals surface area contributed by atoms with E-state index >= 15 is 0 Å². The number of rotatable bonds is 2. The van der Waals surface area contributed by atoms with Crippen LogP contribution in [0.25, 0.3) is 5.69 Å². The molecular weight excluding hydrogens is 325 g/mol. The molecule has 16 heavy (non-hydrogen) atoms. The number of aryl methyl sites for hydroxylation is 1. The lowest BCUT2D eigenvalue weighted by Gasteiger charge is -2.13. The minimum Gasteiger partial charge on any atom is -0.231 e. The van der Waals surface area contributed by atoms with Crippen molar-refractivity contribution >= 4 is 22.6 Å². The van der Waals surface area contributed by atoms with E-state index in [0.717, 1.165) is 22.6 Å². The number of benzene rings is 1. The molecular formula is C11H9F2IN2. The van der Waals surface area contributed by atoms with Crippen LogP contribution >= 0.6 is 22.6 Å². The highest BCUT2D eigenvalue weighted by Gasteiger charge is 2.33. The molecule has 0 N–H and O–H groups in total. The van der Waals surface area contributed by atoms with E-state index in [1.807, 2.05) is 6.07 Å². The molecule has 0 radical (unpaired) electrons. The van der Waals surface area contributed by atoms with E-state index in [1.165, 1.54) is 10.9 Å². The molecule has 0 atom stereocenters. The van der Waals surface area contributed by atoms with Crippen LogP contribution in [-0.4, -0.2) is 9.78 Å². The second kappa shape index (κ2) is 4.12. The number of halogens is 3. The third-order valence-corrected chi connectivity index (χ3v) is 2.73. The molecule has 0 amide bonds. The van der Waals surface area contributed by atoms with Crippen LogP contribution in [0.1, 0.15) is 11.3 Å². The molecule has 1 aromatic carbocycles. The lowest BCUT2D eigenvalue weighted by Crippen LogP contribution is -2.12. The van der Waals surface area contributed by atoms with Gasteiger partial charge in [0.25, 0.3) is 0 Å². The third kappa shape index (κ3) is 2.09. The van der Waals surface area contributed by atoms with Gasteiger partial charge in [-0.05, 0) is 24.6 Å². The van der Waals surface area contributed by atoms with Gasteiger partial charge in [0, 0.05) is 22.6 Å². The molecule has 0 aliphatic rings. The summed E-state index contributed by atoms with van der Waals surface area (Å²) in [6.07, 6.45) is 1.45. The SMILES string of the molecule is Cc1cnn(-c2ccccc2)c1C(F)(F)I. The molecule has 0 aliphatic carbocycles. The normalized spacial score (nSPS) is 11.8. The van der Waals surface area contributed by atoms with Gasteiger partial charge in [-0.25, -0.2) is 4.68 Å². The molecule has 2 nitrogen and oxygen atoms in total. The van der Waals surface area contributed by atoms with Crippen molar-refractivity contribution in [3.8, 4) is 5.69 Å². The first-order chi connectivity index (χ1) is 7.50. The number of hydrogen-bond acceptors (Lipinski definition) is 1. The highest BCUT2D eigenvalue weighted by atomic mass is 127. The number of alkyl halides is 3. The summed E-state index contributed by atoms with van der Waals surface area (Å²) in [4.78, 5) is 0. The average Bonchev–Trinajstić information content (AvgIpc) is 2.61. The molecule has 1 heterocycles. The van der Waals surface area contributed by atoms with Crippen molar-refractivity contribution in [2.45, 2.75) is 10.9 Å². The zero-order chi connectivity index (χ0) is 11.8. The van der Waals surface area contributed by atoms with Crippen LogP contribution in [0.3, 0.4) is 0 Å². The minimum atomic E-state index is -2.92. The quantitative estimate of drug-likeness (QED) is 0.605. The van der Waals surface area contributed by atoms with Gasteiger partial charge in [0.2, 0.25) is 0 Å². The summed E-state index contributed by atoms with van der Waals surface area (Å²) in [6.45, 7) is 1.63. The Morgan fingerprint density at radius 2 is 1.88 bits per heavy atom. The first kappa shape index (κ1) is 11.5.